The molecule has 1 aliphatic carbocycles. The summed E-state index contributed by atoms with van der Waals surface area (Å²) in [7, 11) is 0. The van der Waals surface area contributed by atoms with Gasteiger partial charge in [-0.3, -0.25) is 4.98 Å². The fraction of sp³-hybridized carbons (Fsp3) is 0.583. The number of nitrogens with two attached hydrogens (primary N) is 1. The van der Waals surface area contributed by atoms with Gasteiger partial charge in [-0.25, -0.2) is 0 Å². The topological polar surface area (TPSA) is 38.9 Å². The van der Waals surface area contributed by atoms with Crippen LogP contribution in [0.5, 0.6) is 0 Å². The van der Waals surface area contributed by atoms with Crippen LogP contribution in [-0.2, 0) is 5.54 Å². The van der Waals surface area contributed by atoms with Gasteiger partial charge in [-0.15, -0.1) is 0 Å². The van der Waals surface area contributed by atoms with Gasteiger partial charge >= 0.3 is 0 Å². The highest BCUT2D eigenvalue weighted by Gasteiger charge is 2.51. The number of nitrogens with zero attached hydrogens (tertiary/aromatic N) is 1. The Hall–Kier alpha value is -0.890. The first-order chi connectivity index (χ1) is 6.58. The molecule has 2 heteroatoms. The van der Waals surface area contributed by atoms with E-state index in [2.05, 4.69) is 31.0 Å². The molecule has 1 fully saturated rings. The Morgan fingerprint density at radius 3 is 2.71 bits per heavy atom. The minimum absolute atomic E-state index is 0.118. The van der Waals surface area contributed by atoms with Crippen LogP contribution in [0.2, 0.25) is 0 Å². The summed E-state index contributed by atoms with van der Waals surface area (Å²) in [6.07, 6.45) is 2.25. The zero-order valence-electron chi connectivity index (χ0n) is 9.17. The molecule has 1 saturated carbocycles. The molecule has 1 heterocycles. The van der Waals surface area contributed by atoms with Gasteiger partial charge in [0.2, 0.25) is 0 Å². The van der Waals surface area contributed by atoms with Crippen molar-refractivity contribution in [2.75, 3.05) is 0 Å². The van der Waals surface area contributed by atoms with Gasteiger partial charge in [0.15, 0.2) is 0 Å². The number of aryl methyl sites for hydroxylation is 2. The van der Waals surface area contributed by atoms with E-state index < -0.39 is 0 Å². The van der Waals surface area contributed by atoms with Gasteiger partial charge in [0, 0.05) is 5.69 Å². The number of pyridine rings is 1. The lowest BCUT2D eigenvalue weighted by molar-refractivity contribution is 0.596. The van der Waals surface area contributed by atoms with E-state index in [1.54, 1.807) is 0 Å². The fourth-order valence-corrected chi connectivity index (χ4v) is 2.06. The Balaban J connectivity index is 2.31. The van der Waals surface area contributed by atoms with Crippen LogP contribution in [0.4, 0.5) is 0 Å². The van der Waals surface area contributed by atoms with Crippen molar-refractivity contribution >= 4 is 0 Å². The lowest BCUT2D eigenvalue weighted by Gasteiger charge is -2.12. The summed E-state index contributed by atoms with van der Waals surface area (Å²) in [5.74, 6) is 0.636. The summed E-state index contributed by atoms with van der Waals surface area (Å²) >= 11 is 0. The molecular weight excluding hydrogens is 172 g/mol. The van der Waals surface area contributed by atoms with E-state index in [1.165, 1.54) is 5.56 Å². The van der Waals surface area contributed by atoms with Crippen LogP contribution in [0.25, 0.3) is 0 Å². The summed E-state index contributed by atoms with van der Waals surface area (Å²) in [4.78, 5) is 4.58. The average Bonchev–Trinajstić information content (AvgIpc) is 2.83. The molecule has 2 atom stereocenters. The zero-order valence-corrected chi connectivity index (χ0v) is 9.17. The van der Waals surface area contributed by atoms with Gasteiger partial charge < -0.3 is 5.73 Å². The molecule has 2 N–H and O–H groups in total. The molecule has 0 saturated heterocycles. The summed E-state index contributed by atoms with van der Waals surface area (Å²) < 4.78 is 0. The highest BCUT2D eigenvalue weighted by Crippen LogP contribution is 2.50. The second-order valence-corrected chi connectivity index (χ2v) is 4.45. The molecule has 0 amide bonds. The Morgan fingerprint density at radius 1 is 1.50 bits per heavy atom. The molecule has 76 valence electrons. The van der Waals surface area contributed by atoms with Crippen LogP contribution in [0.1, 0.15) is 36.7 Å². The Kier molecular flexibility index (Phi) is 2.11. The van der Waals surface area contributed by atoms with Gasteiger partial charge in [0.1, 0.15) is 0 Å². The molecule has 1 aromatic heterocycles. The van der Waals surface area contributed by atoms with Gasteiger partial charge in [-0.05, 0) is 37.8 Å². The van der Waals surface area contributed by atoms with E-state index in [9.17, 15) is 0 Å². The third kappa shape index (κ3) is 1.34. The summed E-state index contributed by atoms with van der Waals surface area (Å²) in [5.41, 5.74) is 9.58. The van der Waals surface area contributed by atoms with Crippen molar-refractivity contribution in [3.63, 3.8) is 0 Å². The Labute approximate surface area is 85.5 Å². The predicted molar refractivity (Wildman–Crippen MR) is 58.0 cm³/mol. The second kappa shape index (κ2) is 3.06. The third-order valence-electron chi connectivity index (χ3n) is 3.47. The number of hydrogen-bond acceptors (Lipinski definition) is 2. The first-order valence-electron chi connectivity index (χ1n) is 5.31. The largest absolute Gasteiger partial charge is 0.320 e. The molecule has 2 nitrogen and oxygen atoms in total. The van der Waals surface area contributed by atoms with Crippen LogP contribution in [0, 0.1) is 19.8 Å². The molecule has 14 heavy (non-hydrogen) atoms. The molecule has 0 spiro atoms. The van der Waals surface area contributed by atoms with Gasteiger partial charge in [-0.1, -0.05) is 19.4 Å². The first kappa shape index (κ1) is 9.66. The van der Waals surface area contributed by atoms with Crippen LogP contribution >= 0.6 is 0 Å². The SMILES string of the molecule is CCC1CC1(N)c1ccc(C)c(C)n1. The number of aromatic nitrogens is 1. The van der Waals surface area contributed by atoms with Gasteiger partial charge in [-0.2, -0.15) is 0 Å². The van der Waals surface area contributed by atoms with E-state index in [4.69, 9.17) is 5.73 Å². The quantitative estimate of drug-likeness (QED) is 0.777. The van der Waals surface area contributed by atoms with Crippen LogP contribution in [0.15, 0.2) is 12.1 Å². The maximum absolute atomic E-state index is 6.28. The highest BCUT2D eigenvalue weighted by molar-refractivity contribution is 5.30. The molecule has 0 radical (unpaired) electrons. The third-order valence-corrected chi connectivity index (χ3v) is 3.47. The molecule has 1 aliphatic rings. The molecule has 2 unspecified atom stereocenters. The summed E-state index contributed by atoms with van der Waals surface area (Å²) in [6.45, 7) is 6.32. The van der Waals surface area contributed by atoms with E-state index in [-0.39, 0.29) is 5.54 Å². The number of rotatable bonds is 2. The Bertz CT molecular complexity index is 359. The van der Waals surface area contributed by atoms with Crippen molar-refractivity contribution in [2.24, 2.45) is 11.7 Å². The molecule has 0 aliphatic heterocycles. The maximum atomic E-state index is 6.28. The lowest BCUT2D eigenvalue weighted by atomic mass is 10.1. The molecule has 1 aromatic rings. The highest BCUT2D eigenvalue weighted by atomic mass is 14.9. The maximum Gasteiger partial charge on any atom is 0.0616 e. The monoisotopic (exact) mass is 190 g/mol. The van der Waals surface area contributed by atoms with Crippen LogP contribution in [0.3, 0.4) is 0 Å². The van der Waals surface area contributed by atoms with Crippen molar-refractivity contribution < 1.29 is 0 Å². The van der Waals surface area contributed by atoms with E-state index in [1.807, 2.05) is 6.92 Å². The van der Waals surface area contributed by atoms with E-state index >= 15 is 0 Å². The molecule has 0 aromatic carbocycles. The number of hydrogen-bond donors (Lipinski definition) is 1. The van der Waals surface area contributed by atoms with Crippen molar-refractivity contribution in [3.05, 3.63) is 29.1 Å². The molecule has 0 bridgehead atoms. The van der Waals surface area contributed by atoms with Crippen molar-refractivity contribution in [1.82, 2.24) is 4.98 Å². The van der Waals surface area contributed by atoms with Crippen LogP contribution in [-0.4, -0.2) is 4.98 Å². The van der Waals surface area contributed by atoms with Crippen LogP contribution < -0.4 is 5.73 Å². The minimum atomic E-state index is -0.118. The summed E-state index contributed by atoms with van der Waals surface area (Å²) in [5, 5.41) is 0. The lowest BCUT2D eigenvalue weighted by Crippen LogP contribution is -2.23. The minimum Gasteiger partial charge on any atom is -0.320 e. The Morgan fingerprint density at radius 2 is 2.21 bits per heavy atom. The van der Waals surface area contributed by atoms with Crippen molar-refractivity contribution in [1.29, 1.82) is 0 Å². The van der Waals surface area contributed by atoms with Crippen molar-refractivity contribution in [3.8, 4) is 0 Å². The van der Waals surface area contributed by atoms with Gasteiger partial charge in [0.25, 0.3) is 0 Å². The predicted octanol–water partition coefficient (Wildman–Crippen LogP) is 2.28. The first-order valence-corrected chi connectivity index (χ1v) is 5.31. The zero-order chi connectivity index (χ0) is 10.3. The van der Waals surface area contributed by atoms with Gasteiger partial charge in [0.05, 0.1) is 11.2 Å². The van der Waals surface area contributed by atoms with E-state index in [0.29, 0.717) is 5.92 Å². The molecule has 2 rings (SSSR count). The normalized spacial score (nSPS) is 30.4. The van der Waals surface area contributed by atoms with Crippen molar-refractivity contribution in [2.45, 2.75) is 39.2 Å². The van der Waals surface area contributed by atoms with E-state index in [0.717, 1.165) is 24.2 Å². The standard InChI is InChI=1S/C12H18N2/c1-4-10-7-12(10,13)11-6-5-8(2)9(3)14-11/h5-6,10H,4,7,13H2,1-3H3. The fourth-order valence-electron chi connectivity index (χ4n) is 2.06. The smallest absolute Gasteiger partial charge is 0.0616 e. The molecular formula is C12H18N2. The average molecular weight is 190 g/mol. The summed E-state index contributed by atoms with van der Waals surface area (Å²) in [6, 6.07) is 4.20. The second-order valence-electron chi connectivity index (χ2n) is 4.45.